The average Bonchev–Trinajstić information content (AvgIpc) is 2.87. The molecule has 2 aromatic rings. The molecule has 0 bridgehead atoms. The molecule has 4 nitrogen and oxygen atoms in total. The second-order valence-electron chi connectivity index (χ2n) is 5.28. The standard InChI is InChI=1S/C15H16FNO3S/c1-10-9-11(16)5-6-15(10)21(18,19)17-13-3-2-4-14-12(13)7-8-20-14/h5-9,13,17H,2-4H2,1H3. The van der Waals surface area contributed by atoms with E-state index in [1.54, 1.807) is 19.3 Å². The third-order valence-electron chi connectivity index (χ3n) is 3.78. The molecule has 0 fully saturated rings. The Morgan fingerprint density at radius 2 is 2.14 bits per heavy atom. The molecule has 3 rings (SSSR count). The zero-order valence-corrected chi connectivity index (χ0v) is 12.4. The summed E-state index contributed by atoms with van der Waals surface area (Å²) in [7, 11) is -3.69. The van der Waals surface area contributed by atoms with Crippen molar-refractivity contribution in [1.82, 2.24) is 4.72 Å². The molecule has 1 aromatic heterocycles. The van der Waals surface area contributed by atoms with Gasteiger partial charge in [-0.3, -0.25) is 0 Å². The Labute approximate surface area is 123 Å². The Balaban J connectivity index is 1.91. The number of fused-ring (bicyclic) bond motifs is 1. The average molecular weight is 309 g/mol. The number of halogens is 1. The van der Waals surface area contributed by atoms with E-state index >= 15 is 0 Å². The summed E-state index contributed by atoms with van der Waals surface area (Å²) in [6.45, 7) is 1.59. The molecule has 1 heterocycles. The number of hydrogen-bond donors (Lipinski definition) is 1. The molecule has 1 atom stereocenters. The Kier molecular flexibility index (Phi) is 3.59. The van der Waals surface area contributed by atoms with Gasteiger partial charge in [-0.1, -0.05) is 0 Å². The van der Waals surface area contributed by atoms with Gasteiger partial charge in [-0.25, -0.2) is 17.5 Å². The molecular weight excluding hydrogens is 293 g/mol. The zero-order chi connectivity index (χ0) is 15.0. The molecule has 112 valence electrons. The Bertz CT molecular complexity index is 767. The summed E-state index contributed by atoms with van der Waals surface area (Å²) in [6, 6.07) is 5.19. The summed E-state index contributed by atoms with van der Waals surface area (Å²) in [6.07, 6.45) is 4.01. The largest absolute Gasteiger partial charge is 0.469 e. The van der Waals surface area contributed by atoms with E-state index in [9.17, 15) is 12.8 Å². The molecule has 0 aliphatic heterocycles. The molecule has 0 spiro atoms. The number of hydrogen-bond acceptors (Lipinski definition) is 3. The van der Waals surface area contributed by atoms with Crippen LogP contribution in [0.3, 0.4) is 0 Å². The lowest BCUT2D eigenvalue weighted by atomic mass is 9.94. The van der Waals surface area contributed by atoms with Crippen molar-refractivity contribution >= 4 is 10.0 Å². The fraction of sp³-hybridized carbons (Fsp3) is 0.333. The zero-order valence-electron chi connectivity index (χ0n) is 11.6. The van der Waals surface area contributed by atoms with Crippen LogP contribution in [0.5, 0.6) is 0 Å². The van der Waals surface area contributed by atoms with E-state index in [-0.39, 0.29) is 10.9 Å². The van der Waals surface area contributed by atoms with Gasteiger partial charge in [0.2, 0.25) is 10.0 Å². The van der Waals surface area contributed by atoms with Crippen molar-refractivity contribution < 1.29 is 17.2 Å². The van der Waals surface area contributed by atoms with Crippen LogP contribution in [0, 0.1) is 12.7 Å². The minimum atomic E-state index is -3.69. The van der Waals surface area contributed by atoms with Crippen molar-refractivity contribution in [2.75, 3.05) is 0 Å². The van der Waals surface area contributed by atoms with Crippen molar-refractivity contribution in [1.29, 1.82) is 0 Å². The molecular formula is C15H16FNO3S. The summed E-state index contributed by atoms with van der Waals surface area (Å²) < 4.78 is 46.2. The van der Waals surface area contributed by atoms with Gasteiger partial charge in [0.25, 0.3) is 0 Å². The number of rotatable bonds is 3. The van der Waals surface area contributed by atoms with Crippen LogP contribution in [0.2, 0.25) is 0 Å². The second-order valence-corrected chi connectivity index (χ2v) is 6.96. The van der Waals surface area contributed by atoms with Gasteiger partial charge in [0.1, 0.15) is 11.6 Å². The quantitative estimate of drug-likeness (QED) is 0.948. The minimum absolute atomic E-state index is 0.111. The highest BCUT2D eigenvalue weighted by Crippen LogP contribution is 2.32. The van der Waals surface area contributed by atoms with Crippen molar-refractivity contribution in [3.8, 4) is 0 Å². The van der Waals surface area contributed by atoms with Gasteiger partial charge in [-0.15, -0.1) is 0 Å². The van der Waals surface area contributed by atoms with Gasteiger partial charge in [0, 0.05) is 12.0 Å². The predicted octanol–water partition coefficient (Wildman–Crippen LogP) is 3.08. The molecule has 1 unspecified atom stereocenters. The van der Waals surface area contributed by atoms with E-state index in [2.05, 4.69) is 4.72 Å². The number of sulfonamides is 1. The van der Waals surface area contributed by atoms with Crippen LogP contribution in [-0.2, 0) is 16.4 Å². The molecule has 21 heavy (non-hydrogen) atoms. The Morgan fingerprint density at radius 1 is 1.33 bits per heavy atom. The maximum absolute atomic E-state index is 13.1. The van der Waals surface area contributed by atoms with Crippen molar-refractivity contribution in [2.24, 2.45) is 0 Å². The molecule has 1 aliphatic rings. The summed E-state index contributed by atoms with van der Waals surface area (Å²) in [5, 5.41) is 0. The summed E-state index contributed by atoms with van der Waals surface area (Å²) in [5.41, 5.74) is 1.29. The predicted molar refractivity (Wildman–Crippen MR) is 75.8 cm³/mol. The number of nitrogens with one attached hydrogen (secondary N) is 1. The molecule has 0 radical (unpaired) electrons. The Morgan fingerprint density at radius 3 is 2.90 bits per heavy atom. The van der Waals surface area contributed by atoms with E-state index in [4.69, 9.17) is 4.42 Å². The van der Waals surface area contributed by atoms with E-state index in [1.165, 1.54) is 12.1 Å². The molecule has 0 saturated heterocycles. The number of aryl methyl sites for hydroxylation is 2. The highest BCUT2D eigenvalue weighted by atomic mass is 32.2. The lowest BCUT2D eigenvalue weighted by molar-refractivity contribution is 0.438. The van der Waals surface area contributed by atoms with Crippen molar-refractivity contribution in [2.45, 2.75) is 37.1 Å². The van der Waals surface area contributed by atoms with Crippen molar-refractivity contribution in [3.63, 3.8) is 0 Å². The van der Waals surface area contributed by atoms with Crippen LogP contribution >= 0.6 is 0 Å². The second kappa shape index (κ2) is 5.27. The summed E-state index contributed by atoms with van der Waals surface area (Å²) in [5.74, 6) is 0.394. The van der Waals surface area contributed by atoms with Gasteiger partial charge < -0.3 is 4.42 Å². The molecule has 1 aliphatic carbocycles. The number of benzene rings is 1. The monoisotopic (exact) mass is 309 g/mol. The molecule has 1 N–H and O–H groups in total. The maximum Gasteiger partial charge on any atom is 0.241 e. The fourth-order valence-electron chi connectivity index (χ4n) is 2.77. The molecule has 0 amide bonds. The highest BCUT2D eigenvalue weighted by molar-refractivity contribution is 7.89. The first kappa shape index (κ1) is 14.3. The number of furan rings is 1. The first-order valence-electron chi connectivity index (χ1n) is 6.82. The lowest BCUT2D eigenvalue weighted by Gasteiger charge is -2.23. The van der Waals surface area contributed by atoms with Gasteiger partial charge in [-0.05, 0) is 49.6 Å². The van der Waals surface area contributed by atoms with Gasteiger partial charge >= 0.3 is 0 Å². The third kappa shape index (κ3) is 2.73. The molecule has 1 aromatic carbocycles. The molecule has 0 saturated carbocycles. The SMILES string of the molecule is Cc1cc(F)ccc1S(=O)(=O)NC1CCCc2occc21. The summed E-state index contributed by atoms with van der Waals surface area (Å²) in [4.78, 5) is 0.111. The first-order chi connectivity index (χ1) is 9.97. The third-order valence-corrected chi connectivity index (χ3v) is 5.41. The minimum Gasteiger partial charge on any atom is -0.469 e. The van der Waals surface area contributed by atoms with Crippen LogP contribution in [-0.4, -0.2) is 8.42 Å². The van der Waals surface area contributed by atoms with E-state index in [1.807, 2.05) is 0 Å². The summed E-state index contributed by atoms with van der Waals surface area (Å²) >= 11 is 0. The van der Waals surface area contributed by atoms with Crippen LogP contribution < -0.4 is 4.72 Å². The van der Waals surface area contributed by atoms with E-state index in [0.29, 0.717) is 5.56 Å². The van der Waals surface area contributed by atoms with Gasteiger partial charge in [0.05, 0.1) is 17.2 Å². The first-order valence-corrected chi connectivity index (χ1v) is 8.30. The van der Waals surface area contributed by atoms with Gasteiger partial charge in [0.15, 0.2) is 0 Å². The normalized spacial score (nSPS) is 18.5. The topological polar surface area (TPSA) is 59.3 Å². The van der Waals surface area contributed by atoms with Crippen LogP contribution in [0.15, 0.2) is 39.8 Å². The fourth-order valence-corrected chi connectivity index (χ4v) is 4.25. The lowest BCUT2D eigenvalue weighted by Crippen LogP contribution is -2.31. The van der Waals surface area contributed by atoms with E-state index in [0.717, 1.165) is 36.7 Å². The van der Waals surface area contributed by atoms with Crippen molar-refractivity contribution in [3.05, 3.63) is 53.2 Å². The smallest absolute Gasteiger partial charge is 0.241 e. The van der Waals surface area contributed by atoms with Crippen LogP contribution in [0.4, 0.5) is 4.39 Å². The maximum atomic E-state index is 13.1. The highest BCUT2D eigenvalue weighted by Gasteiger charge is 2.28. The van der Waals surface area contributed by atoms with E-state index < -0.39 is 15.8 Å². The Hall–Kier alpha value is -1.66. The van der Waals surface area contributed by atoms with Crippen LogP contribution in [0.1, 0.15) is 35.8 Å². The van der Waals surface area contributed by atoms with Gasteiger partial charge in [-0.2, -0.15) is 0 Å². The van der Waals surface area contributed by atoms with Crippen LogP contribution in [0.25, 0.3) is 0 Å². The molecule has 6 heteroatoms.